The van der Waals surface area contributed by atoms with Crippen LogP contribution >= 0.6 is 0 Å². The van der Waals surface area contributed by atoms with E-state index in [0.717, 1.165) is 0 Å². The molecule has 0 amide bonds. The van der Waals surface area contributed by atoms with Gasteiger partial charge in [-0.05, 0) is 31.3 Å². The largest absolute Gasteiger partial charge is 0.468 e. The lowest BCUT2D eigenvalue weighted by Crippen LogP contribution is -2.75. The van der Waals surface area contributed by atoms with Gasteiger partial charge in [-0.3, -0.25) is 34.2 Å². The maximum Gasteiger partial charge on any atom is 0.322 e. The molecule has 2 bridgehead atoms. The second kappa shape index (κ2) is 9.08. The maximum absolute atomic E-state index is 14.6. The molecule has 2 saturated heterocycles. The molecule has 0 N–H and O–H groups in total. The topological polar surface area (TPSA) is 102 Å². The van der Waals surface area contributed by atoms with Gasteiger partial charge in [0.2, 0.25) is 0 Å². The first-order valence-corrected chi connectivity index (χ1v) is 11.0. The normalized spacial score (nSPS) is 29.3. The number of carbonyl (C=O) groups excluding carboxylic acids is 3. The lowest BCUT2D eigenvalue weighted by molar-refractivity contribution is -0.203. The molecule has 2 fully saturated rings. The Kier molecular flexibility index (Phi) is 6.33. The number of nitrogens with zero attached hydrogens (tertiary/aromatic N) is 4. The molecule has 2 aromatic heterocycles. The summed E-state index contributed by atoms with van der Waals surface area (Å²) in [5, 5.41) is 0. The number of esters is 2. The van der Waals surface area contributed by atoms with E-state index in [1.54, 1.807) is 61.9 Å². The van der Waals surface area contributed by atoms with Crippen LogP contribution in [-0.2, 0) is 23.9 Å². The Bertz CT molecular complexity index is 1020. The Balaban J connectivity index is 2.08. The van der Waals surface area contributed by atoms with Crippen LogP contribution in [0.15, 0.2) is 61.4 Å². The predicted molar refractivity (Wildman–Crippen MR) is 122 cm³/mol. The zero-order valence-corrected chi connectivity index (χ0v) is 19.5. The molecule has 9 nitrogen and oxygen atoms in total. The molecule has 4 heterocycles. The third-order valence-corrected chi connectivity index (χ3v) is 6.93. The first kappa shape index (κ1) is 23.7. The van der Waals surface area contributed by atoms with Crippen molar-refractivity contribution >= 4 is 17.7 Å². The minimum absolute atomic E-state index is 0.0454. The van der Waals surface area contributed by atoms with Crippen molar-refractivity contribution in [3.05, 3.63) is 72.8 Å². The number of carbonyl (C=O) groups is 3. The van der Waals surface area contributed by atoms with Crippen molar-refractivity contribution < 1.29 is 23.9 Å². The molecule has 2 aromatic rings. The van der Waals surface area contributed by atoms with E-state index >= 15 is 0 Å². The van der Waals surface area contributed by atoms with E-state index in [9.17, 15) is 14.4 Å². The molecule has 2 aliphatic rings. The summed E-state index contributed by atoms with van der Waals surface area (Å²) in [5.74, 6) is -1.98. The van der Waals surface area contributed by atoms with E-state index in [0.29, 0.717) is 17.9 Å². The molecule has 178 valence electrons. The summed E-state index contributed by atoms with van der Waals surface area (Å²) in [7, 11) is 4.28. The van der Waals surface area contributed by atoms with Crippen molar-refractivity contribution in [2.24, 2.45) is 10.8 Å². The van der Waals surface area contributed by atoms with Gasteiger partial charge in [0.05, 0.1) is 37.7 Å². The molecule has 34 heavy (non-hydrogen) atoms. The molecule has 9 heteroatoms. The number of hydrogen-bond donors (Lipinski definition) is 0. The van der Waals surface area contributed by atoms with Crippen molar-refractivity contribution in [2.45, 2.75) is 12.1 Å². The molecule has 2 aliphatic heterocycles. The van der Waals surface area contributed by atoms with Crippen LogP contribution in [0, 0.1) is 10.8 Å². The first-order valence-electron chi connectivity index (χ1n) is 11.0. The Morgan fingerprint density at radius 2 is 1.47 bits per heavy atom. The van der Waals surface area contributed by atoms with Crippen molar-refractivity contribution in [3.63, 3.8) is 0 Å². The van der Waals surface area contributed by atoms with E-state index in [4.69, 9.17) is 9.47 Å². The molecule has 0 spiro atoms. The van der Waals surface area contributed by atoms with Crippen LogP contribution in [0.25, 0.3) is 0 Å². The van der Waals surface area contributed by atoms with E-state index < -0.39 is 40.6 Å². The van der Waals surface area contributed by atoms with Gasteiger partial charge in [0, 0.05) is 32.0 Å². The highest BCUT2D eigenvalue weighted by atomic mass is 16.5. The fourth-order valence-corrected chi connectivity index (χ4v) is 5.78. The summed E-state index contributed by atoms with van der Waals surface area (Å²) < 4.78 is 10.5. The number of Topliss-reactive ketones (excluding diaryl/α,β-unsaturated/α-hetero) is 1. The Morgan fingerprint density at radius 3 is 1.82 bits per heavy atom. The number of piperidine rings is 2. The van der Waals surface area contributed by atoms with Gasteiger partial charge in [-0.2, -0.15) is 0 Å². The van der Waals surface area contributed by atoms with Crippen LogP contribution in [0.2, 0.25) is 0 Å². The second-order valence-electron chi connectivity index (χ2n) is 8.69. The van der Waals surface area contributed by atoms with E-state index in [-0.39, 0.29) is 13.1 Å². The van der Waals surface area contributed by atoms with Crippen LogP contribution < -0.4 is 0 Å². The molecule has 0 aromatic carbocycles. The Labute approximate surface area is 198 Å². The summed E-state index contributed by atoms with van der Waals surface area (Å²) in [6, 6.07) is 9.04. The lowest BCUT2D eigenvalue weighted by atomic mass is 9.54. The Hall–Kier alpha value is -3.43. The minimum atomic E-state index is -1.72. The molecule has 0 radical (unpaired) electrons. The molecule has 0 unspecified atom stereocenters. The molecule has 0 aliphatic carbocycles. The van der Waals surface area contributed by atoms with Gasteiger partial charge in [-0.1, -0.05) is 18.2 Å². The molecule has 4 atom stereocenters. The number of rotatable bonds is 6. The molecule has 0 saturated carbocycles. The van der Waals surface area contributed by atoms with Gasteiger partial charge in [0.25, 0.3) is 0 Å². The first-order chi connectivity index (χ1) is 16.4. The van der Waals surface area contributed by atoms with Gasteiger partial charge in [0.15, 0.2) is 16.6 Å². The number of likely N-dealkylation sites (tertiary alicyclic amines) is 2. The highest BCUT2D eigenvalue weighted by molar-refractivity contribution is 6.17. The van der Waals surface area contributed by atoms with Crippen molar-refractivity contribution in [2.75, 3.05) is 40.9 Å². The monoisotopic (exact) mass is 464 g/mol. The average molecular weight is 465 g/mol. The van der Waals surface area contributed by atoms with Crippen molar-refractivity contribution in [1.29, 1.82) is 0 Å². The fourth-order valence-electron chi connectivity index (χ4n) is 5.78. The third kappa shape index (κ3) is 3.26. The zero-order chi connectivity index (χ0) is 24.5. The summed E-state index contributed by atoms with van der Waals surface area (Å²) in [5.41, 5.74) is -2.41. The maximum atomic E-state index is 14.6. The fraction of sp³-hybridized carbons (Fsp3) is 0.400. The number of ketones is 1. The quantitative estimate of drug-likeness (QED) is 0.358. The standard InChI is InChI=1S/C25H28N4O5/c1-5-14-29-15-24(22(31)33-3)19(17-10-6-8-12-26-17)28(2)20(18-11-7-9-13-27-18)25(16-29,21(24)30)23(32)34-4/h5-13,19-20H,1,14-16H2,2-4H3/t19-,20+,24-,25+. The van der Waals surface area contributed by atoms with Gasteiger partial charge >= 0.3 is 11.9 Å². The van der Waals surface area contributed by atoms with Gasteiger partial charge in [-0.25, -0.2) is 0 Å². The molecule has 4 rings (SSSR count). The number of aromatic nitrogens is 2. The number of ether oxygens (including phenoxy) is 2. The van der Waals surface area contributed by atoms with E-state index in [1.165, 1.54) is 14.2 Å². The lowest BCUT2D eigenvalue weighted by Gasteiger charge is -2.60. The minimum Gasteiger partial charge on any atom is -0.468 e. The van der Waals surface area contributed by atoms with E-state index in [1.807, 2.05) is 9.80 Å². The van der Waals surface area contributed by atoms with Crippen molar-refractivity contribution in [3.8, 4) is 0 Å². The van der Waals surface area contributed by atoms with Crippen LogP contribution in [0.4, 0.5) is 0 Å². The SMILES string of the molecule is C=CCN1C[C@@]2(C(=O)OC)C(=O)[C@@](C(=O)OC)(C1)[C@@H](c1ccccn1)N(C)[C@H]2c1ccccn1. The van der Waals surface area contributed by atoms with Gasteiger partial charge in [0.1, 0.15) is 0 Å². The number of hydrogen-bond acceptors (Lipinski definition) is 9. The van der Waals surface area contributed by atoms with Gasteiger partial charge < -0.3 is 9.47 Å². The van der Waals surface area contributed by atoms with Crippen molar-refractivity contribution in [1.82, 2.24) is 19.8 Å². The Morgan fingerprint density at radius 1 is 1.00 bits per heavy atom. The van der Waals surface area contributed by atoms with Crippen LogP contribution in [0.3, 0.4) is 0 Å². The van der Waals surface area contributed by atoms with Gasteiger partial charge in [-0.15, -0.1) is 6.58 Å². The van der Waals surface area contributed by atoms with E-state index in [2.05, 4.69) is 16.5 Å². The van der Waals surface area contributed by atoms with Crippen LogP contribution in [-0.4, -0.2) is 78.4 Å². The summed E-state index contributed by atoms with van der Waals surface area (Å²) in [6.45, 7) is 4.27. The zero-order valence-electron chi connectivity index (χ0n) is 19.5. The number of fused-ring (bicyclic) bond motifs is 2. The predicted octanol–water partition coefficient (Wildman–Crippen LogP) is 1.59. The number of methoxy groups -OCH3 is 2. The van der Waals surface area contributed by atoms with Crippen LogP contribution in [0.1, 0.15) is 23.5 Å². The second-order valence-corrected chi connectivity index (χ2v) is 8.69. The smallest absolute Gasteiger partial charge is 0.322 e. The highest BCUT2D eigenvalue weighted by Gasteiger charge is 2.75. The third-order valence-electron chi connectivity index (χ3n) is 6.93. The summed E-state index contributed by atoms with van der Waals surface area (Å²) >= 11 is 0. The summed E-state index contributed by atoms with van der Waals surface area (Å²) in [4.78, 5) is 54.5. The highest BCUT2D eigenvalue weighted by Crippen LogP contribution is 2.60. The number of pyridine rings is 2. The summed E-state index contributed by atoms with van der Waals surface area (Å²) in [6.07, 6.45) is 4.90. The average Bonchev–Trinajstić information content (AvgIpc) is 2.86. The van der Waals surface area contributed by atoms with Crippen LogP contribution in [0.5, 0.6) is 0 Å². The molecular formula is C25H28N4O5. The molecular weight excluding hydrogens is 436 g/mol.